The lowest BCUT2D eigenvalue weighted by atomic mass is 10.6. The normalized spacial score (nSPS) is 9.30. The van der Waals surface area contributed by atoms with Crippen molar-refractivity contribution in [3.05, 3.63) is 17.3 Å². The van der Waals surface area contributed by atoms with E-state index in [0.717, 1.165) is 0 Å². The van der Waals surface area contributed by atoms with E-state index in [0.29, 0.717) is 0 Å². The molecule has 0 aliphatic carbocycles. The first-order valence-electron chi connectivity index (χ1n) is 2.44. The Hall–Kier alpha value is -1.16. The minimum absolute atomic E-state index is 0.0502. The highest BCUT2D eigenvalue weighted by Crippen LogP contribution is 2.20. The summed E-state index contributed by atoms with van der Waals surface area (Å²) in [6.07, 6.45) is 0.102. The van der Waals surface area contributed by atoms with Crippen LogP contribution in [-0.4, -0.2) is 16.2 Å². The number of nitrogens with one attached hydrogen (secondary N) is 1. The minimum Gasteiger partial charge on any atom is -0.449 e. The molecule has 1 aromatic heterocycles. The van der Waals surface area contributed by atoms with Gasteiger partial charge < -0.3 is 14.8 Å². The van der Waals surface area contributed by atoms with Gasteiger partial charge in [0.2, 0.25) is 5.88 Å². The molecule has 1 rings (SSSR count). The van der Waals surface area contributed by atoms with Gasteiger partial charge in [0.25, 0.3) is 0 Å². The molecule has 0 aliphatic heterocycles. The Morgan fingerprint density at radius 1 is 1.80 bits per heavy atom. The number of hydrogen-bond donors (Lipinski definition) is 2. The second-order valence-corrected chi connectivity index (χ2v) is 1.93. The molecule has 0 amide bonds. The number of carbonyl (C=O) groups is 1. The maximum Gasteiger partial charge on any atom is 0.512 e. The zero-order valence-electron chi connectivity index (χ0n) is 4.80. The summed E-state index contributed by atoms with van der Waals surface area (Å²) in [6, 6.07) is 1.50. The topological polar surface area (TPSA) is 62.3 Å². The molecule has 4 nitrogen and oxygen atoms in total. The highest BCUT2D eigenvalue weighted by molar-refractivity contribution is 6.32. The number of halogens is 1. The van der Waals surface area contributed by atoms with Crippen LogP contribution in [0.25, 0.3) is 0 Å². The van der Waals surface area contributed by atoms with E-state index in [1.165, 1.54) is 12.3 Å². The molecule has 0 saturated heterocycles. The molecule has 2 N–H and O–H groups in total. The Kier molecular flexibility index (Phi) is 1.82. The number of hydrogen-bond acceptors (Lipinski definition) is 2. The smallest absolute Gasteiger partial charge is 0.449 e. The summed E-state index contributed by atoms with van der Waals surface area (Å²) < 4.78 is 4.21. The standard InChI is InChI=1S/C5H4ClNO3/c6-3-1-2-7-4(3)10-5(8)9/h1-2,7H,(H,8,9). The van der Waals surface area contributed by atoms with Crippen molar-refractivity contribution in [3.63, 3.8) is 0 Å². The Bertz CT molecular complexity index is 245. The van der Waals surface area contributed by atoms with Crippen LogP contribution in [-0.2, 0) is 0 Å². The summed E-state index contributed by atoms with van der Waals surface area (Å²) >= 11 is 5.46. The van der Waals surface area contributed by atoms with Gasteiger partial charge in [-0.3, -0.25) is 0 Å². The molecule has 5 heteroatoms. The van der Waals surface area contributed by atoms with Crippen molar-refractivity contribution in [2.24, 2.45) is 0 Å². The zero-order chi connectivity index (χ0) is 7.56. The van der Waals surface area contributed by atoms with Crippen molar-refractivity contribution < 1.29 is 14.6 Å². The van der Waals surface area contributed by atoms with Gasteiger partial charge in [0, 0.05) is 6.20 Å². The van der Waals surface area contributed by atoms with E-state index in [2.05, 4.69) is 9.72 Å². The fourth-order valence-corrected chi connectivity index (χ4v) is 0.657. The lowest BCUT2D eigenvalue weighted by molar-refractivity contribution is 0.143. The Morgan fingerprint density at radius 2 is 2.50 bits per heavy atom. The highest BCUT2D eigenvalue weighted by atomic mass is 35.5. The summed E-state index contributed by atoms with van der Waals surface area (Å²) in [4.78, 5) is 12.4. The first-order chi connectivity index (χ1) is 4.70. The third-order valence-electron chi connectivity index (χ3n) is 0.850. The lowest BCUT2D eigenvalue weighted by Gasteiger charge is -1.93. The molecule has 0 aliphatic rings. The van der Waals surface area contributed by atoms with E-state index in [-0.39, 0.29) is 10.9 Å². The number of rotatable bonds is 1. The molecule has 10 heavy (non-hydrogen) atoms. The molecule has 0 spiro atoms. The van der Waals surface area contributed by atoms with Crippen LogP contribution in [0.2, 0.25) is 5.02 Å². The van der Waals surface area contributed by atoms with E-state index in [9.17, 15) is 4.79 Å². The van der Waals surface area contributed by atoms with E-state index in [1.807, 2.05) is 0 Å². The summed E-state index contributed by atoms with van der Waals surface area (Å²) in [6.45, 7) is 0. The minimum atomic E-state index is -1.38. The van der Waals surface area contributed by atoms with Gasteiger partial charge in [-0.25, -0.2) is 4.79 Å². The summed E-state index contributed by atoms with van der Waals surface area (Å²) in [7, 11) is 0. The molecule has 54 valence electrons. The number of carboxylic acid groups (broad SMARTS) is 1. The Morgan fingerprint density at radius 3 is 2.90 bits per heavy atom. The SMILES string of the molecule is O=C(O)Oc1[nH]ccc1Cl. The van der Waals surface area contributed by atoms with Gasteiger partial charge in [0.15, 0.2) is 0 Å². The van der Waals surface area contributed by atoms with Gasteiger partial charge in [-0.15, -0.1) is 0 Å². The monoisotopic (exact) mass is 161 g/mol. The van der Waals surface area contributed by atoms with Crippen LogP contribution in [0.3, 0.4) is 0 Å². The second-order valence-electron chi connectivity index (χ2n) is 1.52. The predicted molar refractivity (Wildman–Crippen MR) is 34.5 cm³/mol. The van der Waals surface area contributed by atoms with Crippen LogP contribution in [0.4, 0.5) is 4.79 Å². The lowest BCUT2D eigenvalue weighted by Crippen LogP contribution is -2.03. The van der Waals surface area contributed by atoms with Gasteiger partial charge in [-0.05, 0) is 6.07 Å². The molecular formula is C5H4ClNO3. The third-order valence-corrected chi connectivity index (χ3v) is 1.15. The van der Waals surface area contributed by atoms with Crippen molar-refractivity contribution in [2.45, 2.75) is 0 Å². The van der Waals surface area contributed by atoms with E-state index >= 15 is 0 Å². The maximum absolute atomic E-state index is 9.92. The fraction of sp³-hybridized carbons (Fsp3) is 0. The second kappa shape index (κ2) is 2.62. The number of aromatic nitrogens is 1. The third kappa shape index (κ3) is 1.41. The van der Waals surface area contributed by atoms with Gasteiger partial charge in [-0.1, -0.05) is 11.6 Å². The molecular weight excluding hydrogens is 158 g/mol. The van der Waals surface area contributed by atoms with Crippen LogP contribution in [0.5, 0.6) is 5.88 Å². The molecule has 0 bridgehead atoms. The average Bonchev–Trinajstić information content (AvgIpc) is 2.15. The quantitative estimate of drug-likeness (QED) is 0.617. The highest BCUT2D eigenvalue weighted by Gasteiger charge is 2.05. The first-order valence-corrected chi connectivity index (χ1v) is 2.81. The van der Waals surface area contributed by atoms with Crippen molar-refractivity contribution in [1.82, 2.24) is 4.98 Å². The van der Waals surface area contributed by atoms with Crippen LogP contribution in [0, 0.1) is 0 Å². The maximum atomic E-state index is 9.92. The molecule has 0 radical (unpaired) electrons. The van der Waals surface area contributed by atoms with Crippen LogP contribution in [0.1, 0.15) is 0 Å². The summed E-state index contributed by atoms with van der Waals surface area (Å²) in [5.74, 6) is 0.0502. The number of H-pyrrole nitrogens is 1. The molecule has 0 saturated carbocycles. The van der Waals surface area contributed by atoms with Gasteiger partial charge in [-0.2, -0.15) is 0 Å². The van der Waals surface area contributed by atoms with Gasteiger partial charge >= 0.3 is 6.16 Å². The number of aromatic amines is 1. The molecule has 1 aromatic rings. The molecule has 0 aromatic carbocycles. The van der Waals surface area contributed by atoms with Crippen LogP contribution in [0.15, 0.2) is 12.3 Å². The summed E-state index contributed by atoms with van der Waals surface area (Å²) in [5.41, 5.74) is 0. The number of ether oxygens (including phenoxy) is 1. The Labute approximate surface area is 61.4 Å². The summed E-state index contributed by atoms with van der Waals surface area (Å²) in [5, 5.41) is 8.36. The Balaban J connectivity index is 2.74. The van der Waals surface area contributed by atoms with Crippen LogP contribution >= 0.6 is 11.6 Å². The van der Waals surface area contributed by atoms with Gasteiger partial charge in [0.1, 0.15) is 5.02 Å². The van der Waals surface area contributed by atoms with E-state index in [4.69, 9.17) is 16.7 Å². The fourth-order valence-electron chi connectivity index (χ4n) is 0.501. The molecule has 0 fully saturated rings. The predicted octanol–water partition coefficient (Wildman–Crippen LogP) is 1.72. The molecule has 0 atom stereocenters. The van der Waals surface area contributed by atoms with Crippen molar-refractivity contribution in [1.29, 1.82) is 0 Å². The first kappa shape index (κ1) is 6.95. The van der Waals surface area contributed by atoms with Crippen molar-refractivity contribution >= 4 is 17.8 Å². The van der Waals surface area contributed by atoms with Crippen molar-refractivity contribution in [3.8, 4) is 5.88 Å². The molecule has 1 heterocycles. The molecule has 0 unspecified atom stereocenters. The van der Waals surface area contributed by atoms with E-state index < -0.39 is 6.16 Å². The van der Waals surface area contributed by atoms with Crippen LogP contribution < -0.4 is 4.74 Å². The zero-order valence-corrected chi connectivity index (χ0v) is 5.55. The van der Waals surface area contributed by atoms with Crippen molar-refractivity contribution in [2.75, 3.05) is 0 Å². The van der Waals surface area contributed by atoms with Gasteiger partial charge in [0.05, 0.1) is 0 Å². The average molecular weight is 162 g/mol. The van der Waals surface area contributed by atoms with E-state index in [1.54, 1.807) is 0 Å². The largest absolute Gasteiger partial charge is 0.512 e.